The number of anilines is 1. The Morgan fingerprint density at radius 3 is 2.60 bits per heavy atom. The lowest BCUT2D eigenvalue weighted by atomic mass is 10.1. The summed E-state index contributed by atoms with van der Waals surface area (Å²) in [6.07, 6.45) is 1.38. The van der Waals surface area contributed by atoms with E-state index in [1.165, 1.54) is 11.3 Å². The number of aromatic nitrogens is 2. The lowest BCUT2D eigenvalue weighted by molar-refractivity contribution is -0.133. The van der Waals surface area contributed by atoms with Gasteiger partial charge in [0.15, 0.2) is 0 Å². The minimum atomic E-state index is 0.191. The van der Waals surface area contributed by atoms with E-state index in [4.69, 9.17) is 0 Å². The van der Waals surface area contributed by atoms with Gasteiger partial charge in [0.05, 0.1) is 12.1 Å². The molecule has 1 aliphatic heterocycles. The second-order valence-electron chi connectivity index (χ2n) is 7.04. The van der Waals surface area contributed by atoms with Crippen molar-refractivity contribution < 1.29 is 4.79 Å². The number of fused-ring (bicyclic) bond motifs is 1. The van der Waals surface area contributed by atoms with Gasteiger partial charge in [-0.3, -0.25) is 9.48 Å². The Kier molecular flexibility index (Phi) is 4.84. The SMILES string of the molecule is CCC1CN(C)c2ccccc2CN1C(=O)Cc1c(C)nn(C)c1C. The van der Waals surface area contributed by atoms with Gasteiger partial charge < -0.3 is 9.80 Å². The first-order chi connectivity index (χ1) is 11.9. The minimum Gasteiger partial charge on any atom is -0.372 e. The maximum atomic E-state index is 13.2. The Morgan fingerprint density at radius 1 is 1.24 bits per heavy atom. The summed E-state index contributed by atoms with van der Waals surface area (Å²) in [5, 5.41) is 4.45. The van der Waals surface area contributed by atoms with Gasteiger partial charge in [0.2, 0.25) is 5.91 Å². The van der Waals surface area contributed by atoms with Crippen LogP contribution in [0.4, 0.5) is 5.69 Å². The van der Waals surface area contributed by atoms with Gasteiger partial charge in [-0.15, -0.1) is 0 Å². The van der Waals surface area contributed by atoms with Crippen LogP contribution >= 0.6 is 0 Å². The second-order valence-corrected chi connectivity index (χ2v) is 7.04. The zero-order valence-corrected chi connectivity index (χ0v) is 15.9. The Balaban J connectivity index is 1.89. The molecule has 134 valence electrons. The number of aryl methyl sites for hydroxylation is 2. The van der Waals surface area contributed by atoms with Gasteiger partial charge in [-0.2, -0.15) is 5.10 Å². The number of likely N-dealkylation sites (N-methyl/N-ethyl adjacent to an activating group) is 1. The van der Waals surface area contributed by atoms with E-state index in [1.54, 1.807) is 0 Å². The summed E-state index contributed by atoms with van der Waals surface area (Å²) in [6, 6.07) is 8.62. The van der Waals surface area contributed by atoms with Gasteiger partial charge in [-0.05, 0) is 31.9 Å². The second kappa shape index (κ2) is 6.90. The smallest absolute Gasteiger partial charge is 0.227 e. The molecule has 5 nitrogen and oxygen atoms in total. The van der Waals surface area contributed by atoms with Crippen molar-refractivity contribution in [3.05, 3.63) is 46.8 Å². The molecule has 1 aromatic heterocycles. The summed E-state index contributed by atoms with van der Waals surface area (Å²) >= 11 is 0. The van der Waals surface area contributed by atoms with E-state index >= 15 is 0 Å². The molecule has 0 aliphatic carbocycles. The minimum absolute atomic E-state index is 0.191. The molecule has 0 bridgehead atoms. The number of benzene rings is 1. The van der Waals surface area contributed by atoms with Crippen LogP contribution in [0, 0.1) is 13.8 Å². The van der Waals surface area contributed by atoms with Crippen molar-refractivity contribution in [2.75, 3.05) is 18.5 Å². The normalized spacial score (nSPS) is 17.4. The van der Waals surface area contributed by atoms with Gasteiger partial charge in [0.1, 0.15) is 0 Å². The van der Waals surface area contributed by atoms with E-state index in [9.17, 15) is 4.79 Å². The highest BCUT2D eigenvalue weighted by atomic mass is 16.2. The molecular formula is C20H28N4O. The third kappa shape index (κ3) is 3.28. The van der Waals surface area contributed by atoms with Crippen LogP contribution in [0.25, 0.3) is 0 Å². The third-order valence-electron chi connectivity index (χ3n) is 5.45. The van der Waals surface area contributed by atoms with Gasteiger partial charge in [0.25, 0.3) is 0 Å². The molecule has 2 aromatic rings. The molecule has 0 saturated carbocycles. The number of carbonyl (C=O) groups is 1. The van der Waals surface area contributed by atoms with Gasteiger partial charge in [-0.1, -0.05) is 25.1 Å². The zero-order valence-electron chi connectivity index (χ0n) is 15.9. The first kappa shape index (κ1) is 17.5. The van der Waals surface area contributed by atoms with Crippen molar-refractivity contribution in [3.8, 4) is 0 Å². The summed E-state index contributed by atoms with van der Waals surface area (Å²) in [7, 11) is 4.05. The van der Waals surface area contributed by atoms with E-state index in [-0.39, 0.29) is 11.9 Å². The summed E-state index contributed by atoms with van der Waals surface area (Å²) in [4.78, 5) is 17.5. The molecule has 2 heterocycles. The molecule has 3 rings (SSSR count). The number of amides is 1. The fourth-order valence-electron chi connectivity index (χ4n) is 3.81. The fraction of sp³-hybridized carbons (Fsp3) is 0.500. The largest absolute Gasteiger partial charge is 0.372 e. The quantitative estimate of drug-likeness (QED) is 0.863. The average Bonchev–Trinajstić information content (AvgIpc) is 2.76. The van der Waals surface area contributed by atoms with Crippen molar-refractivity contribution in [1.82, 2.24) is 14.7 Å². The molecule has 1 atom stereocenters. The monoisotopic (exact) mass is 340 g/mol. The van der Waals surface area contributed by atoms with Crippen LogP contribution in [-0.2, 0) is 24.8 Å². The fourth-order valence-corrected chi connectivity index (χ4v) is 3.81. The van der Waals surface area contributed by atoms with Gasteiger partial charge in [0, 0.05) is 50.2 Å². The molecular weight excluding hydrogens is 312 g/mol. The van der Waals surface area contributed by atoms with Gasteiger partial charge >= 0.3 is 0 Å². The molecule has 0 N–H and O–H groups in total. The van der Waals surface area contributed by atoms with Crippen LogP contribution in [0.3, 0.4) is 0 Å². The van der Waals surface area contributed by atoms with Crippen LogP contribution in [0.1, 0.15) is 35.9 Å². The Hall–Kier alpha value is -2.30. The molecule has 1 aromatic carbocycles. The van der Waals surface area contributed by atoms with Crippen molar-refractivity contribution in [2.24, 2.45) is 7.05 Å². The predicted octanol–water partition coefficient (Wildman–Crippen LogP) is 2.84. The summed E-state index contributed by atoms with van der Waals surface area (Å²) in [5.74, 6) is 0.191. The van der Waals surface area contributed by atoms with Crippen molar-refractivity contribution in [3.63, 3.8) is 0 Å². The van der Waals surface area contributed by atoms with Gasteiger partial charge in [-0.25, -0.2) is 0 Å². The molecule has 25 heavy (non-hydrogen) atoms. The van der Waals surface area contributed by atoms with E-state index in [0.717, 1.165) is 29.9 Å². The van der Waals surface area contributed by atoms with E-state index in [2.05, 4.69) is 53.1 Å². The van der Waals surface area contributed by atoms with Crippen molar-refractivity contribution in [1.29, 1.82) is 0 Å². The zero-order chi connectivity index (χ0) is 18.1. The summed E-state index contributed by atoms with van der Waals surface area (Å²) < 4.78 is 1.86. The van der Waals surface area contributed by atoms with Crippen LogP contribution in [-0.4, -0.2) is 40.2 Å². The standard InChI is InChI=1S/C20H28N4O/c1-6-17-13-22(4)19-10-8-7-9-16(19)12-24(17)20(25)11-18-14(2)21-23(5)15(18)3/h7-10,17H,6,11-13H2,1-5H3. The molecule has 0 radical (unpaired) electrons. The van der Waals surface area contributed by atoms with E-state index in [1.807, 2.05) is 25.6 Å². The number of hydrogen-bond acceptors (Lipinski definition) is 3. The summed E-state index contributed by atoms with van der Waals surface area (Å²) in [5.41, 5.74) is 5.53. The lowest BCUT2D eigenvalue weighted by Gasteiger charge is -2.31. The highest BCUT2D eigenvalue weighted by Gasteiger charge is 2.29. The van der Waals surface area contributed by atoms with Crippen molar-refractivity contribution in [2.45, 2.75) is 46.2 Å². The van der Waals surface area contributed by atoms with Crippen molar-refractivity contribution >= 4 is 11.6 Å². The number of nitrogens with zero attached hydrogens (tertiary/aromatic N) is 4. The molecule has 0 fully saturated rings. The first-order valence-corrected chi connectivity index (χ1v) is 9.00. The molecule has 1 unspecified atom stereocenters. The Bertz CT molecular complexity index is 780. The molecule has 0 spiro atoms. The van der Waals surface area contributed by atoms with E-state index < -0.39 is 0 Å². The van der Waals surface area contributed by atoms with Crippen LogP contribution < -0.4 is 4.90 Å². The highest BCUT2D eigenvalue weighted by molar-refractivity contribution is 5.80. The average molecular weight is 340 g/mol. The van der Waals surface area contributed by atoms with Crippen LogP contribution in [0.5, 0.6) is 0 Å². The number of rotatable bonds is 3. The van der Waals surface area contributed by atoms with Crippen LogP contribution in [0.2, 0.25) is 0 Å². The maximum Gasteiger partial charge on any atom is 0.227 e. The predicted molar refractivity (Wildman–Crippen MR) is 101 cm³/mol. The lowest BCUT2D eigenvalue weighted by Crippen LogP contribution is -2.44. The number of carbonyl (C=O) groups excluding carboxylic acids is 1. The van der Waals surface area contributed by atoms with Crippen LogP contribution in [0.15, 0.2) is 24.3 Å². The highest BCUT2D eigenvalue weighted by Crippen LogP contribution is 2.28. The first-order valence-electron chi connectivity index (χ1n) is 9.00. The number of para-hydroxylation sites is 1. The Labute approximate surface area is 150 Å². The third-order valence-corrected chi connectivity index (χ3v) is 5.45. The molecule has 5 heteroatoms. The molecule has 0 saturated heterocycles. The molecule has 1 amide bonds. The maximum absolute atomic E-state index is 13.2. The topological polar surface area (TPSA) is 41.4 Å². The summed E-state index contributed by atoms with van der Waals surface area (Å²) in [6.45, 7) is 7.72. The number of hydrogen-bond donors (Lipinski definition) is 0. The Morgan fingerprint density at radius 2 is 1.96 bits per heavy atom. The molecule has 1 aliphatic rings. The van der Waals surface area contributed by atoms with E-state index in [0.29, 0.717) is 13.0 Å².